The zero-order valence-electron chi connectivity index (χ0n) is 18.3. The highest BCUT2D eigenvalue weighted by Crippen LogP contribution is 2.22. The van der Waals surface area contributed by atoms with E-state index in [1.165, 1.54) is 45.2 Å². The van der Waals surface area contributed by atoms with Gasteiger partial charge in [-0.2, -0.15) is 0 Å². The largest absolute Gasteiger partial charge is 0.394 e. The number of nitrogens with one attached hydrogen (secondary N) is 1. The first-order valence-electron chi connectivity index (χ1n) is 10.9. The van der Waals surface area contributed by atoms with Crippen molar-refractivity contribution in [2.24, 2.45) is 5.92 Å². The lowest BCUT2D eigenvalue weighted by Crippen LogP contribution is -2.19. The number of imide groups is 1. The van der Waals surface area contributed by atoms with E-state index in [9.17, 15) is 9.59 Å². The van der Waals surface area contributed by atoms with E-state index in [-0.39, 0.29) is 18.4 Å². The van der Waals surface area contributed by atoms with Crippen molar-refractivity contribution in [1.29, 1.82) is 0 Å². The average Bonchev–Trinajstić information content (AvgIpc) is 2.90. The molecule has 0 radical (unpaired) electrons. The standard InChI is InChI=1S/C13H27NO2.C8H5NO2.C2H6/c1-14-8-4-6-13(7-9-14)5-2-3-11-16-12-10-15;10-7-5-3-1-2-4-6(5)8(11)9-7;1-2/h13,15H,2-12H2,1H3;1-4H,(H,9,10,11);1-2H3. The second-order valence-corrected chi connectivity index (χ2v) is 7.26. The van der Waals surface area contributed by atoms with Gasteiger partial charge in [-0.25, -0.2) is 0 Å². The Bertz CT molecular complexity index is 573. The molecule has 1 aromatic carbocycles. The fraction of sp³-hybridized carbons (Fsp3) is 0.652. The predicted molar refractivity (Wildman–Crippen MR) is 116 cm³/mol. The van der Waals surface area contributed by atoms with Gasteiger partial charge in [-0.15, -0.1) is 0 Å². The van der Waals surface area contributed by atoms with Crippen LogP contribution in [0.3, 0.4) is 0 Å². The van der Waals surface area contributed by atoms with Crippen LogP contribution in [0.15, 0.2) is 24.3 Å². The van der Waals surface area contributed by atoms with Crippen molar-refractivity contribution in [3.63, 3.8) is 0 Å². The van der Waals surface area contributed by atoms with Gasteiger partial charge < -0.3 is 14.7 Å². The van der Waals surface area contributed by atoms with Gasteiger partial charge in [-0.3, -0.25) is 14.9 Å². The fourth-order valence-electron chi connectivity index (χ4n) is 3.52. The van der Waals surface area contributed by atoms with Crippen molar-refractivity contribution in [3.05, 3.63) is 35.4 Å². The SMILES string of the molecule is CC.CN1CCCC(CCCCOCCO)CC1.O=C1NC(=O)c2ccccc21. The molecule has 0 bridgehead atoms. The van der Waals surface area contributed by atoms with E-state index in [0.717, 1.165) is 18.9 Å². The second-order valence-electron chi connectivity index (χ2n) is 7.26. The maximum atomic E-state index is 10.9. The van der Waals surface area contributed by atoms with Crippen LogP contribution in [0.5, 0.6) is 0 Å². The molecule has 1 atom stereocenters. The molecule has 0 saturated carbocycles. The Kier molecular flexibility index (Phi) is 13.2. The van der Waals surface area contributed by atoms with Crippen molar-refractivity contribution in [1.82, 2.24) is 10.2 Å². The molecular formula is C23H38N2O4. The van der Waals surface area contributed by atoms with Crippen molar-refractivity contribution in [2.75, 3.05) is 40.0 Å². The predicted octanol–water partition coefficient (Wildman–Crippen LogP) is 3.49. The lowest BCUT2D eigenvalue weighted by Gasteiger charge is -2.14. The highest BCUT2D eigenvalue weighted by Gasteiger charge is 2.25. The fourth-order valence-corrected chi connectivity index (χ4v) is 3.52. The Hall–Kier alpha value is -1.76. The van der Waals surface area contributed by atoms with Crippen LogP contribution >= 0.6 is 0 Å². The Morgan fingerprint density at radius 3 is 2.31 bits per heavy atom. The quantitative estimate of drug-likeness (QED) is 0.535. The van der Waals surface area contributed by atoms with Gasteiger partial charge in [0.05, 0.1) is 24.3 Å². The first-order chi connectivity index (χ1) is 14.1. The van der Waals surface area contributed by atoms with Crippen LogP contribution in [0.1, 0.15) is 73.1 Å². The smallest absolute Gasteiger partial charge is 0.258 e. The van der Waals surface area contributed by atoms with Gasteiger partial charge in [0.15, 0.2) is 0 Å². The van der Waals surface area contributed by atoms with Crippen LogP contribution in [0.25, 0.3) is 0 Å². The molecule has 1 aromatic rings. The number of rotatable bonds is 7. The molecule has 0 aromatic heterocycles. The van der Waals surface area contributed by atoms with E-state index in [1.807, 2.05) is 13.8 Å². The molecule has 2 aliphatic heterocycles. The van der Waals surface area contributed by atoms with Gasteiger partial charge >= 0.3 is 0 Å². The van der Waals surface area contributed by atoms with Crippen molar-refractivity contribution in [2.45, 2.75) is 52.4 Å². The number of benzene rings is 1. The number of unbranched alkanes of at least 4 members (excludes halogenated alkanes) is 1. The number of aliphatic hydroxyl groups excluding tert-OH is 1. The molecular weight excluding hydrogens is 368 g/mol. The van der Waals surface area contributed by atoms with Gasteiger partial charge in [-0.1, -0.05) is 38.8 Å². The molecule has 2 heterocycles. The molecule has 164 valence electrons. The normalized spacial score (nSPS) is 18.6. The molecule has 6 nitrogen and oxygen atoms in total. The van der Waals surface area contributed by atoms with Crippen molar-refractivity contribution >= 4 is 11.8 Å². The summed E-state index contributed by atoms with van der Waals surface area (Å²) in [5.41, 5.74) is 0.940. The van der Waals surface area contributed by atoms with Gasteiger partial charge in [0.25, 0.3) is 11.8 Å². The highest BCUT2D eigenvalue weighted by molar-refractivity contribution is 6.21. The number of amides is 2. The van der Waals surface area contributed by atoms with E-state index in [1.54, 1.807) is 24.3 Å². The van der Waals surface area contributed by atoms with Crippen molar-refractivity contribution < 1.29 is 19.4 Å². The number of aliphatic hydroxyl groups is 1. The summed E-state index contributed by atoms with van der Waals surface area (Å²) in [7, 11) is 2.23. The number of ether oxygens (including phenoxy) is 1. The van der Waals surface area contributed by atoms with Crippen LogP contribution < -0.4 is 5.32 Å². The molecule has 1 unspecified atom stereocenters. The van der Waals surface area contributed by atoms with Crippen LogP contribution in [-0.4, -0.2) is 61.8 Å². The maximum Gasteiger partial charge on any atom is 0.258 e. The second kappa shape index (κ2) is 15.1. The number of fused-ring (bicyclic) bond motifs is 1. The van der Waals surface area contributed by atoms with Crippen LogP contribution in [-0.2, 0) is 4.74 Å². The Balaban J connectivity index is 0.000000280. The first kappa shape index (κ1) is 25.3. The third-order valence-corrected chi connectivity index (χ3v) is 5.10. The van der Waals surface area contributed by atoms with Gasteiger partial charge in [0.1, 0.15) is 0 Å². The minimum absolute atomic E-state index is 0.148. The summed E-state index contributed by atoms with van der Waals surface area (Å²) in [5.74, 6) is 0.332. The van der Waals surface area contributed by atoms with Crippen LogP contribution in [0.4, 0.5) is 0 Å². The molecule has 3 rings (SSSR count). The molecule has 1 fully saturated rings. The lowest BCUT2D eigenvalue weighted by atomic mass is 9.95. The van der Waals surface area contributed by atoms with Crippen molar-refractivity contribution in [3.8, 4) is 0 Å². The summed E-state index contributed by atoms with van der Waals surface area (Å²) in [6.07, 6.45) is 7.92. The number of hydrogen-bond donors (Lipinski definition) is 2. The first-order valence-corrected chi connectivity index (χ1v) is 10.9. The lowest BCUT2D eigenvalue weighted by molar-refractivity contribution is 0.0879. The van der Waals surface area contributed by atoms with E-state index >= 15 is 0 Å². The summed E-state index contributed by atoms with van der Waals surface area (Å²) in [6, 6.07) is 6.74. The van der Waals surface area contributed by atoms with Crippen LogP contribution in [0, 0.1) is 5.92 Å². The zero-order valence-corrected chi connectivity index (χ0v) is 18.3. The highest BCUT2D eigenvalue weighted by atomic mass is 16.5. The van der Waals surface area contributed by atoms with E-state index in [4.69, 9.17) is 9.84 Å². The summed E-state index contributed by atoms with van der Waals surface area (Å²) in [5, 5.41) is 10.8. The van der Waals surface area contributed by atoms with Gasteiger partial charge in [0, 0.05) is 6.61 Å². The van der Waals surface area contributed by atoms with Gasteiger partial charge in [0.2, 0.25) is 0 Å². The maximum absolute atomic E-state index is 10.9. The molecule has 29 heavy (non-hydrogen) atoms. The molecule has 2 aliphatic rings. The number of carbonyl (C=O) groups excluding carboxylic acids is 2. The van der Waals surface area contributed by atoms with Crippen LogP contribution in [0.2, 0.25) is 0 Å². The topological polar surface area (TPSA) is 78.9 Å². The summed E-state index contributed by atoms with van der Waals surface area (Å²) in [4.78, 5) is 24.3. The molecule has 6 heteroatoms. The van der Waals surface area contributed by atoms with E-state index < -0.39 is 0 Å². The number of likely N-dealkylation sites (tertiary alicyclic amines) is 1. The monoisotopic (exact) mass is 406 g/mol. The van der Waals surface area contributed by atoms with Gasteiger partial charge in [-0.05, 0) is 63.9 Å². The molecule has 0 aliphatic carbocycles. The third-order valence-electron chi connectivity index (χ3n) is 5.10. The van der Waals surface area contributed by atoms with E-state index in [2.05, 4.69) is 17.3 Å². The van der Waals surface area contributed by atoms with E-state index in [0.29, 0.717) is 17.7 Å². The molecule has 0 spiro atoms. The third kappa shape index (κ3) is 9.52. The minimum atomic E-state index is -0.300. The minimum Gasteiger partial charge on any atom is -0.394 e. The Labute approximate surface area is 175 Å². The average molecular weight is 407 g/mol. The summed E-state index contributed by atoms with van der Waals surface area (Å²) < 4.78 is 5.26. The summed E-state index contributed by atoms with van der Waals surface area (Å²) in [6.45, 7) is 8.00. The number of hydrogen-bond acceptors (Lipinski definition) is 5. The molecule has 1 saturated heterocycles. The zero-order chi connectivity index (χ0) is 21.5. The number of nitrogens with zero attached hydrogens (tertiary/aromatic N) is 1. The molecule has 2 N–H and O–H groups in total. The molecule has 2 amide bonds. The number of carbonyl (C=O) groups is 2. The Morgan fingerprint density at radius 2 is 1.69 bits per heavy atom. The Morgan fingerprint density at radius 1 is 1.03 bits per heavy atom. The summed E-state index contributed by atoms with van der Waals surface area (Å²) >= 11 is 0.